The molecule has 2 aliphatic rings. The van der Waals surface area contributed by atoms with E-state index < -0.39 is 5.60 Å². The molecule has 1 unspecified atom stereocenters. The molecule has 2 fully saturated rings. The van der Waals surface area contributed by atoms with Crippen molar-refractivity contribution >= 4 is 11.6 Å². The van der Waals surface area contributed by atoms with Gasteiger partial charge in [-0.3, -0.25) is 9.69 Å². The lowest BCUT2D eigenvalue weighted by molar-refractivity contribution is -0.158. The van der Waals surface area contributed by atoms with Crippen molar-refractivity contribution < 1.29 is 19.0 Å². The molecule has 0 saturated carbocycles. The Morgan fingerprint density at radius 2 is 1.91 bits per heavy atom. The monoisotopic (exact) mass is 438 g/mol. The largest absolute Gasteiger partial charge is 0.493 e. The number of rotatable bonds is 7. The molecule has 6 heteroatoms. The average Bonchev–Trinajstić information content (AvgIpc) is 2.98. The normalized spacial score (nSPS) is 22.1. The standard InChI is InChI=1S/C26H34N2O4/c1-3-17-31-24-21(10-9-13-23(24)30-2)19-27-16-18-32-26(20-27)14-7-8-15-28(25(26)29)22-11-5-4-6-12-22/h4-6,9-13H,3,7-8,14-20H2,1-2H3. The summed E-state index contributed by atoms with van der Waals surface area (Å²) in [5.74, 6) is 1.63. The number of carbonyl (C=O) groups excluding carboxylic acids is 1. The predicted octanol–water partition coefficient (Wildman–Crippen LogP) is 4.27. The third-order valence-corrected chi connectivity index (χ3v) is 6.30. The molecule has 1 amide bonds. The van der Waals surface area contributed by atoms with Crippen molar-refractivity contribution in [2.24, 2.45) is 0 Å². The number of hydrogen-bond acceptors (Lipinski definition) is 5. The van der Waals surface area contributed by atoms with Gasteiger partial charge in [-0.2, -0.15) is 0 Å². The maximum absolute atomic E-state index is 13.8. The molecular formula is C26H34N2O4. The van der Waals surface area contributed by atoms with E-state index in [1.54, 1.807) is 7.11 Å². The molecular weight excluding hydrogens is 404 g/mol. The lowest BCUT2D eigenvalue weighted by Gasteiger charge is -2.43. The van der Waals surface area contributed by atoms with Crippen LogP contribution in [0.2, 0.25) is 0 Å². The van der Waals surface area contributed by atoms with Gasteiger partial charge in [0.1, 0.15) is 0 Å². The van der Waals surface area contributed by atoms with Crippen molar-refractivity contribution in [1.82, 2.24) is 4.90 Å². The summed E-state index contributed by atoms with van der Waals surface area (Å²) in [5.41, 5.74) is 1.23. The third kappa shape index (κ3) is 4.76. The second-order valence-corrected chi connectivity index (χ2v) is 8.60. The molecule has 2 heterocycles. The van der Waals surface area contributed by atoms with Crippen molar-refractivity contribution in [2.45, 2.75) is 44.8 Å². The van der Waals surface area contributed by atoms with Gasteiger partial charge < -0.3 is 19.1 Å². The van der Waals surface area contributed by atoms with E-state index in [9.17, 15) is 4.79 Å². The number of hydrogen-bond donors (Lipinski definition) is 0. The zero-order valence-corrected chi connectivity index (χ0v) is 19.2. The molecule has 2 saturated heterocycles. The maximum atomic E-state index is 13.8. The Morgan fingerprint density at radius 1 is 1.06 bits per heavy atom. The molecule has 0 aromatic heterocycles. The molecule has 4 rings (SSSR count). The van der Waals surface area contributed by atoms with Crippen LogP contribution in [-0.4, -0.2) is 56.4 Å². The summed E-state index contributed by atoms with van der Waals surface area (Å²) in [6.07, 6.45) is 3.65. The van der Waals surface area contributed by atoms with E-state index >= 15 is 0 Å². The molecule has 172 valence electrons. The zero-order chi connectivity index (χ0) is 22.4. The number of ether oxygens (including phenoxy) is 3. The fourth-order valence-corrected chi connectivity index (χ4v) is 4.72. The predicted molar refractivity (Wildman–Crippen MR) is 125 cm³/mol. The first kappa shape index (κ1) is 22.6. The number of carbonyl (C=O) groups is 1. The highest BCUT2D eigenvalue weighted by Crippen LogP contribution is 2.35. The summed E-state index contributed by atoms with van der Waals surface area (Å²) in [6, 6.07) is 16.0. The first-order valence-corrected chi connectivity index (χ1v) is 11.7. The molecule has 32 heavy (non-hydrogen) atoms. The zero-order valence-electron chi connectivity index (χ0n) is 19.2. The van der Waals surface area contributed by atoms with E-state index in [0.29, 0.717) is 26.3 Å². The van der Waals surface area contributed by atoms with E-state index in [-0.39, 0.29) is 5.91 Å². The summed E-state index contributed by atoms with van der Waals surface area (Å²) in [7, 11) is 1.67. The Morgan fingerprint density at radius 3 is 2.69 bits per heavy atom. The molecule has 6 nitrogen and oxygen atoms in total. The van der Waals surface area contributed by atoms with Crippen LogP contribution in [0.1, 0.15) is 38.2 Å². The lowest BCUT2D eigenvalue weighted by Crippen LogP contribution is -2.59. The molecule has 2 aromatic carbocycles. The summed E-state index contributed by atoms with van der Waals surface area (Å²) >= 11 is 0. The van der Waals surface area contributed by atoms with Crippen molar-refractivity contribution in [3.63, 3.8) is 0 Å². The van der Waals surface area contributed by atoms with Crippen LogP contribution in [0.15, 0.2) is 48.5 Å². The van der Waals surface area contributed by atoms with Crippen molar-refractivity contribution in [3.05, 3.63) is 54.1 Å². The number of nitrogens with zero attached hydrogens (tertiary/aromatic N) is 2. The van der Waals surface area contributed by atoms with Gasteiger partial charge in [-0.25, -0.2) is 0 Å². The molecule has 1 spiro atoms. The third-order valence-electron chi connectivity index (χ3n) is 6.30. The highest BCUT2D eigenvalue weighted by Gasteiger charge is 2.47. The first-order chi connectivity index (χ1) is 15.7. The highest BCUT2D eigenvalue weighted by atomic mass is 16.5. The van der Waals surface area contributed by atoms with E-state index in [4.69, 9.17) is 14.2 Å². The Hall–Kier alpha value is -2.57. The topological polar surface area (TPSA) is 51.2 Å². The van der Waals surface area contributed by atoms with Gasteiger partial charge in [0.05, 0.1) is 20.3 Å². The Bertz CT molecular complexity index is 904. The maximum Gasteiger partial charge on any atom is 0.260 e. The first-order valence-electron chi connectivity index (χ1n) is 11.7. The number of anilines is 1. The van der Waals surface area contributed by atoms with E-state index in [1.807, 2.05) is 47.4 Å². The number of methoxy groups -OCH3 is 1. The Balaban J connectivity index is 1.56. The van der Waals surface area contributed by atoms with Gasteiger partial charge in [-0.15, -0.1) is 0 Å². The quantitative estimate of drug-likeness (QED) is 0.646. The fraction of sp³-hybridized carbons (Fsp3) is 0.500. The van der Waals surface area contributed by atoms with E-state index in [1.165, 1.54) is 0 Å². The van der Waals surface area contributed by atoms with Gasteiger partial charge in [-0.1, -0.05) is 37.3 Å². The Labute approximate surface area is 191 Å². The minimum atomic E-state index is -0.798. The number of para-hydroxylation sites is 2. The van der Waals surface area contributed by atoms with Crippen molar-refractivity contribution in [2.75, 3.05) is 44.9 Å². The van der Waals surface area contributed by atoms with Gasteiger partial charge >= 0.3 is 0 Å². The van der Waals surface area contributed by atoms with E-state index in [0.717, 1.165) is 61.5 Å². The van der Waals surface area contributed by atoms with Crippen LogP contribution in [0.5, 0.6) is 11.5 Å². The van der Waals surface area contributed by atoms with Crippen LogP contribution in [0.4, 0.5) is 5.69 Å². The van der Waals surface area contributed by atoms with Crippen molar-refractivity contribution in [1.29, 1.82) is 0 Å². The second kappa shape index (κ2) is 10.4. The molecule has 2 aromatic rings. The van der Waals surface area contributed by atoms with Crippen LogP contribution in [0, 0.1) is 0 Å². The summed E-state index contributed by atoms with van der Waals surface area (Å²) in [6.45, 7) is 6.08. The molecule has 0 radical (unpaired) electrons. The SMILES string of the molecule is CCCOc1c(CN2CCOC3(CCCCN(c4ccccc4)C3=O)C2)cccc1OC. The molecule has 0 bridgehead atoms. The Kier molecular flexibility index (Phi) is 7.33. The lowest BCUT2D eigenvalue weighted by atomic mass is 9.93. The van der Waals surface area contributed by atoms with Gasteiger partial charge in [0.25, 0.3) is 5.91 Å². The highest BCUT2D eigenvalue weighted by molar-refractivity contribution is 6.00. The van der Waals surface area contributed by atoms with Gasteiger partial charge in [0.2, 0.25) is 0 Å². The van der Waals surface area contributed by atoms with Gasteiger partial charge in [0.15, 0.2) is 17.1 Å². The summed E-state index contributed by atoms with van der Waals surface area (Å²) in [5, 5.41) is 0. The fourth-order valence-electron chi connectivity index (χ4n) is 4.72. The second-order valence-electron chi connectivity index (χ2n) is 8.60. The van der Waals surface area contributed by atoms with Crippen LogP contribution in [-0.2, 0) is 16.1 Å². The van der Waals surface area contributed by atoms with Crippen LogP contribution < -0.4 is 14.4 Å². The number of benzene rings is 2. The minimum absolute atomic E-state index is 0.0824. The van der Waals surface area contributed by atoms with Gasteiger partial charge in [0, 0.05) is 37.4 Å². The molecule has 1 atom stereocenters. The van der Waals surface area contributed by atoms with Crippen LogP contribution in [0.25, 0.3) is 0 Å². The molecule has 2 aliphatic heterocycles. The van der Waals surface area contributed by atoms with Crippen LogP contribution in [0.3, 0.4) is 0 Å². The molecule has 0 N–H and O–H groups in total. The van der Waals surface area contributed by atoms with E-state index in [2.05, 4.69) is 17.9 Å². The average molecular weight is 439 g/mol. The van der Waals surface area contributed by atoms with Gasteiger partial charge in [-0.05, 0) is 43.9 Å². The molecule has 0 aliphatic carbocycles. The van der Waals surface area contributed by atoms with Crippen LogP contribution >= 0.6 is 0 Å². The van der Waals surface area contributed by atoms with Crippen molar-refractivity contribution in [3.8, 4) is 11.5 Å². The minimum Gasteiger partial charge on any atom is -0.493 e. The summed E-state index contributed by atoms with van der Waals surface area (Å²) in [4.78, 5) is 18.0. The smallest absolute Gasteiger partial charge is 0.260 e. The summed E-state index contributed by atoms with van der Waals surface area (Å²) < 4.78 is 17.9. The number of amides is 1. The number of morpholine rings is 1.